The van der Waals surface area contributed by atoms with Gasteiger partial charge in [-0.25, -0.2) is 0 Å². The Morgan fingerprint density at radius 1 is 1.16 bits per heavy atom. The molecule has 0 spiro atoms. The van der Waals surface area contributed by atoms with E-state index in [9.17, 15) is 0 Å². The van der Waals surface area contributed by atoms with Crippen molar-refractivity contribution in [3.8, 4) is 0 Å². The standard InChI is InChI=1S/C16H25N3/c1-11-10-12(2)17-13(3)16(11)19-14(4)18-8-5-6-15(19)7-9-18/h10,14-15H,5-9H2,1-4H3. The quantitative estimate of drug-likeness (QED) is 0.773. The summed E-state index contributed by atoms with van der Waals surface area (Å²) in [6, 6.07) is 2.93. The van der Waals surface area contributed by atoms with Crippen LogP contribution in [0.25, 0.3) is 0 Å². The van der Waals surface area contributed by atoms with E-state index in [2.05, 4.69) is 43.6 Å². The van der Waals surface area contributed by atoms with Crippen LogP contribution in [0.15, 0.2) is 6.07 Å². The largest absolute Gasteiger partial charge is 0.351 e. The molecule has 19 heavy (non-hydrogen) atoms. The maximum Gasteiger partial charge on any atom is 0.0796 e. The van der Waals surface area contributed by atoms with Crippen LogP contribution in [0.1, 0.15) is 43.1 Å². The number of hydrogen-bond acceptors (Lipinski definition) is 3. The molecule has 0 saturated carbocycles. The van der Waals surface area contributed by atoms with Gasteiger partial charge in [0.2, 0.25) is 0 Å². The van der Waals surface area contributed by atoms with E-state index < -0.39 is 0 Å². The molecule has 0 amide bonds. The molecular formula is C16H25N3. The van der Waals surface area contributed by atoms with Crippen LogP contribution in [-0.4, -0.2) is 35.2 Å². The second-order valence-electron chi connectivity index (χ2n) is 6.17. The lowest BCUT2D eigenvalue weighted by atomic mass is 10.0. The summed E-state index contributed by atoms with van der Waals surface area (Å²) in [5.41, 5.74) is 5.09. The third kappa shape index (κ3) is 2.14. The monoisotopic (exact) mass is 259 g/mol. The average molecular weight is 259 g/mol. The molecule has 1 aromatic heterocycles. The van der Waals surface area contributed by atoms with Crippen LogP contribution in [0.2, 0.25) is 0 Å². The highest BCUT2D eigenvalue weighted by atomic mass is 15.4. The lowest BCUT2D eigenvalue weighted by Crippen LogP contribution is -2.55. The minimum Gasteiger partial charge on any atom is -0.351 e. The van der Waals surface area contributed by atoms with Crippen molar-refractivity contribution >= 4 is 5.69 Å². The van der Waals surface area contributed by atoms with E-state index in [0.29, 0.717) is 12.2 Å². The van der Waals surface area contributed by atoms with Crippen molar-refractivity contribution in [3.63, 3.8) is 0 Å². The second kappa shape index (κ2) is 4.78. The lowest BCUT2D eigenvalue weighted by Gasteiger charge is -2.46. The van der Waals surface area contributed by atoms with Crippen molar-refractivity contribution < 1.29 is 0 Å². The summed E-state index contributed by atoms with van der Waals surface area (Å²) in [5, 5.41) is 0. The molecule has 4 rings (SSSR count). The lowest BCUT2D eigenvalue weighted by molar-refractivity contribution is 0.177. The van der Waals surface area contributed by atoms with Gasteiger partial charge < -0.3 is 4.90 Å². The predicted molar refractivity (Wildman–Crippen MR) is 79.6 cm³/mol. The van der Waals surface area contributed by atoms with Crippen molar-refractivity contribution in [3.05, 3.63) is 23.0 Å². The fraction of sp³-hybridized carbons (Fsp3) is 0.688. The van der Waals surface area contributed by atoms with Crippen molar-refractivity contribution in [2.24, 2.45) is 0 Å². The Morgan fingerprint density at radius 3 is 2.68 bits per heavy atom. The number of fused-ring (bicyclic) bond motifs is 4. The van der Waals surface area contributed by atoms with Gasteiger partial charge in [-0.2, -0.15) is 0 Å². The molecular weight excluding hydrogens is 234 g/mol. The molecule has 4 heterocycles. The first-order valence-electron chi connectivity index (χ1n) is 7.55. The highest BCUT2D eigenvalue weighted by Crippen LogP contribution is 2.36. The molecule has 3 fully saturated rings. The Balaban J connectivity index is 2.06. The topological polar surface area (TPSA) is 19.4 Å². The molecule has 2 bridgehead atoms. The first-order valence-corrected chi connectivity index (χ1v) is 7.55. The number of aryl methyl sites for hydroxylation is 3. The fourth-order valence-corrected chi connectivity index (χ4v) is 4.01. The first-order chi connectivity index (χ1) is 9.08. The summed E-state index contributed by atoms with van der Waals surface area (Å²) in [6.45, 7) is 11.4. The summed E-state index contributed by atoms with van der Waals surface area (Å²) < 4.78 is 0. The van der Waals surface area contributed by atoms with Crippen LogP contribution >= 0.6 is 0 Å². The molecule has 3 unspecified atom stereocenters. The highest BCUT2D eigenvalue weighted by Gasteiger charge is 2.36. The summed E-state index contributed by atoms with van der Waals surface area (Å²) in [5.74, 6) is 0. The Morgan fingerprint density at radius 2 is 1.95 bits per heavy atom. The summed E-state index contributed by atoms with van der Waals surface area (Å²) >= 11 is 0. The van der Waals surface area contributed by atoms with Gasteiger partial charge in [-0.3, -0.25) is 9.88 Å². The minimum atomic E-state index is 0.517. The molecule has 3 aliphatic heterocycles. The summed E-state index contributed by atoms with van der Waals surface area (Å²) in [4.78, 5) is 9.97. The average Bonchev–Trinajstić information content (AvgIpc) is 2.64. The van der Waals surface area contributed by atoms with Gasteiger partial charge in [0.25, 0.3) is 0 Å². The van der Waals surface area contributed by atoms with Crippen molar-refractivity contribution in [2.75, 3.05) is 18.0 Å². The maximum atomic E-state index is 4.70. The van der Waals surface area contributed by atoms with Crippen molar-refractivity contribution in [1.82, 2.24) is 9.88 Å². The van der Waals surface area contributed by atoms with E-state index in [4.69, 9.17) is 4.98 Å². The molecule has 3 nitrogen and oxygen atoms in total. The number of aromatic nitrogens is 1. The van der Waals surface area contributed by atoms with Gasteiger partial charge in [-0.05, 0) is 58.6 Å². The summed E-state index contributed by atoms with van der Waals surface area (Å²) in [6.07, 6.45) is 4.48. The van der Waals surface area contributed by atoms with Crippen LogP contribution in [0.5, 0.6) is 0 Å². The van der Waals surface area contributed by atoms with E-state index in [1.807, 2.05) is 0 Å². The van der Waals surface area contributed by atoms with Crippen LogP contribution in [0.3, 0.4) is 0 Å². The van der Waals surface area contributed by atoms with Gasteiger partial charge in [0.1, 0.15) is 0 Å². The smallest absolute Gasteiger partial charge is 0.0796 e. The molecule has 3 atom stereocenters. The molecule has 0 aliphatic carbocycles. The van der Waals surface area contributed by atoms with Crippen LogP contribution in [0, 0.1) is 20.8 Å². The Hall–Kier alpha value is -1.09. The van der Waals surface area contributed by atoms with Gasteiger partial charge in [-0.15, -0.1) is 0 Å². The van der Waals surface area contributed by atoms with E-state index >= 15 is 0 Å². The number of anilines is 1. The zero-order valence-corrected chi connectivity index (χ0v) is 12.6. The van der Waals surface area contributed by atoms with Gasteiger partial charge >= 0.3 is 0 Å². The zero-order valence-electron chi connectivity index (χ0n) is 12.6. The van der Waals surface area contributed by atoms with E-state index in [1.54, 1.807) is 0 Å². The van der Waals surface area contributed by atoms with E-state index in [1.165, 1.54) is 49.3 Å². The zero-order chi connectivity index (χ0) is 13.6. The van der Waals surface area contributed by atoms with Gasteiger partial charge in [0.15, 0.2) is 0 Å². The van der Waals surface area contributed by atoms with Crippen LogP contribution in [0.4, 0.5) is 5.69 Å². The Kier molecular flexibility index (Phi) is 3.25. The predicted octanol–water partition coefficient (Wildman–Crippen LogP) is 3.03. The number of nitrogens with zero attached hydrogens (tertiary/aromatic N) is 3. The molecule has 3 aliphatic rings. The third-order valence-corrected chi connectivity index (χ3v) is 4.80. The van der Waals surface area contributed by atoms with Gasteiger partial charge in [0, 0.05) is 24.8 Å². The molecule has 3 heteroatoms. The minimum absolute atomic E-state index is 0.517. The number of pyridine rings is 1. The first kappa shape index (κ1) is 12.9. The van der Waals surface area contributed by atoms with E-state index in [-0.39, 0.29) is 0 Å². The fourth-order valence-electron chi connectivity index (χ4n) is 4.01. The molecule has 1 aromatic rings. The highest BCUT2D eigenvalue weighted by molar-refractivity contribution is 5.58. The van der Waals surface area contributed by atoms with Crippen molar-refractivity contribution in [2.45, 2.75) is 59.2 Å². The van der Waals surface area contributed by atoms with E-state index in [0.717, 1.165) is 5.69 Å². The maximum absolute atomic E-state index is 4.70. The second-order valence-corrected chi connectivity index (χ2v) is 6.17. The third-order valence-electron chi connectivity index (χ3n) is 4.80. The molecule has 0 aromatic carbocycles. The molecule has 104 valence electrons. The molecule has 0 N–H and O–H groups in total. The normalized spacial score (nSPS) is 30.5. The van der Waals surface area contributed by atoms with Crippen LogP contribution in [-0.2, 0) is 0 Å². The van der Waals surface area contributed by atoms with Gasteiger partial charge in [-0.1, -0.05) is 0 Å². The SMILES string of the molecule is Cc1cc(C)c(N2C3CCCN(CC3)C2C)c(C)n1. The number of hydrogen-bond donors (Lipinski definition) is 0. The Bertz CT molecular complexity index is 454. The molecule has 3 saturated heterocycles. The summed E-state index contributed by atoms with van der Waals surface area (Å²) in [7, 11) is 0. The Labute approximate surface area is 116 Å². The van der Waals surface area contributed by atoms with Gasteiger partial charge in [0.05, 0.1) is 17.5 Å². The molecule has 0 radical (unpaired) electrons. The number of rotatable bonds is 1. The van der Waals surface area contributed by atoms with Crippen molar-refractivity contribution in [1.29, 1.82) is 0 Å². The van der Waals surface area contributed by atoms with Crippen LogP contribution < -0.4 is 4.90 Å².